The number of benzene rings is 2. The molecule has 0 fully saturated rings. The SMILES string of the molecule is C[C@@H](CC(=O)Nc1cccc(Cl)c1)S(=O)(=O)c1ccc2c(c1)NC(=O)CO2. The number of nitrogens with one attached hydrogen (secondary N) is 2. The Hall–Kier alpha value is -2.58. The van der Waals surface area contributed by atoms with Crippen molar-refractivity contribution in [3.63, 3.8) is 0 Å². The first kappa shape index (κ1) is 19.2. The number of rotatable bonds is 5. The summed E-state index contributed by atoms with van der Waals surface area (Å²) in [5.74, 6) is -0.395. The highest BCUT2D eigenvalue weighted by atomic mass is 35.5. The fraction of sp³-hybridized carbons (Fsp3) is 0.222. The number of ether oxygens (including phenoxy) is 1. The molecule has 9 heteroatoms. The summed E-state index contributed by atoms with van der Waals surface area (Å²) in [4.78, 5) is 23.6. The minimum Gasteiger partial charge on any atom is -0.482 e. The lowest BCUT2D eigenvalue weighted by atomic mass is 10.2. The molecule has 2 N–H and O–H groups in total. The molecule has 2 aromatic carbocycles. The smallest absolute Gasteiger partial charge is 0.262 e. The van der Waals surface area contributed by atoms with Gasteiger partial charge in [-0.05, 0) is 43.3 Å². The molecule has 0 bridgehead atoms. The lowest BCUT2D eigenvalue weighted by molar-refractivity contribution is -0.118. The van der Waals surface area contributed by atoms with Crippen LogP contribution in [0.25, 0.3) is 0 Å². The summed E-state index contributed by atoms with van der Waals surface area (Å²) in [7, 11) is -3.78. The van der Waals surface area contributed by atoms with E-state index in [1.807, 2.05) is 0 Å². The summed E-state index contributed by atoms with van der Waals surface area (Å²) in [6, 6.07) is 10.8. The van der Waals surface area contributed by atoms with Gasteiger partial charge in [-0.15, -0.1) is 0 Å². The Balaban J connectivity index is 1.73. The van der Waals surface area contributed by atoms with Crippen molar-refractivity contribution in [2.45, 2.75) is 23.5 Å². The van der Waals surface area contributed by atoms with Gasteiger partial charge < -0.3 is 15.4 Å². The molecule has 0 unspecified atom stereocenters. The molecule has 2 amide bonds. The highest BCUT2D eigenvalue weighted by Gasteiger charge is 2.27. The number of carbonyl (C=O) groups excluding carboxylic acids is 2. The quantitative estimate of drug-likeness (QED) is 0.792. The zero-order chi connectivity index (χ0) is 19.6. The first-order chi connectivity index (χ1) is 12.8. The highest BCUT2D eigenvalue weighted by Crippen LogP contribution is 2.31. The molecular weight excluding hydrogens is 392 g/mol. The van der Waals surface area contributed by atoms with E-state index in [2.05, 4.69) is 10.6 Å². The van der Waals surface area contributed by atoms with Crippen LogP contribution in [0.2, 0.25) is 5.02 Å². The van der Waals surface area contributed by atoms with Gasteiger partial charge in [0.1, 0.15) is 5.75 Å². The van der Waals surface area contributed by atoms with E-state index in [1.165, 1.54) is 25.1 Å². The molecule has 1 heterocycles. The van der Waals surface area contributed by atoms with Crippen LogP contribution < -0.4 is 15.4 Å². The molecule has 0 saturated heterocycles. The van der Waals surface area contributed by atoms with Gasteiger partial charge in [-0.3, -0.25) is 9.59 Å². The molecule has 0 saturated carbocycles. The second kappa shape index (κ2) is 7.58. The Morgan fingerprint density at radius 1 is 1.30 bits per heavy atom. The van der Waals surface area contributed by atoms with E-state index in [4.69, 9.17) is 16.3 Å². The van der Waals surface area contributed by atoms with Gasteiger partial charge in [0, 0.05) is 17.1 Å². The van der Waals surface area contributed by atoms with Crippen LogP contribution in [0.1, 0.15) is 13.3 Å². The van der Waals surface area contributed by atoms with Crippen molar-refractivity contribution in [1.29, 1.82) is 0 Å². The number of sulfone groups is 1. The van der Waals surface area contributed by atoms with Crippen molar-refractivity contribution in [3.8, 4) is 5.75 Å². The lowest BCUT2D eigenvalue weighted by Gasteiger charge is -2.19. The maximum absolute atomic E-state index is 12.8. The summed E-state index contributed by atoms with van der Waals surface area (Å²) >= 11 is 5.87. The standard InChI is InChI=1S/C18H17ClN2O5S/c1-11(7-17(22)20-13-4-2-3-12(19)8-13)27(24,25)14-5-6-16-15(9-14)21-18(23)10-26-16/h2-6,8-9,11H,7,10H2,1H3,(H,20,22)(H,21,23)/t11-/m0/s1. The largest absolute Gasteiger partial charge is 0.482 e. The first-order valence-electron chi connectivity index (χ1n) is 8.12. The molecule has 1 aliphatic heterocycles. The van der Waals surface area contributed by atoms with Crippen LogP contribution in [0.5, 0.6) is 5.75 Å². The maximum Gasteiger partial charge on any atom is 0.262 e. The Morgan fingerprint density at radius 2 is 2.07 bits per heavy atom. The van der Waals surface area contributed by atoms with Gasteiger partial charge in [-0.25, -0.2) is 8.42 Å². The second-order valence-electron chi connectivity index (χ2n) is 6.11. The number of fused-ring (bicyclic) bond motifs is 1. The normalized spacial score (nSPS) is 14.5. The van der Waals surface area contributed by atoms with E-state index >= 15 is 0 Å². The number of hydrogen-bond donors (Lipinski definition) is 2. The predicted molar refractivity (Wildman–Crippen MR) is 102 cm³/mol. The van der Waals surface area contributed by atoms with Crippen molar-refractivity contribution >= 4 is 44.6 Å². The fourth-order valence-electron chi connectivity index (χ4n) is 2.62. The van der Waals surface area contributed by atoms with E-state index < -0.39 is 21.0 Å². The van der Waals surface area contributed by atoms with E-state index in [0.29, 0.717) is 22.1 Å². The summed E-state index contributed by atoms with van der Waals surface area (Å²) in [5.41, 5.74) is 0.786. The number of amides is 2. The highest BCUT2D eigenvalue weighted by molar-refractivity contribution is 7.92. The Kier molecular flexibility index (Phi) is 5.38. The lowest BCUT2D eigenvalue weighted by Crippen LogP contribution is -2.27. The summed E-state index contributed by atoms with van der Waals surface area (Å²) in [5, 5.41) is 4.70. The van der Waals surface area contributed by atoms with Gasteiger partial charge in [0.05, 0.1) is 15.8 Å². The summed E-state index contributed by atoms with van der Waals surface area (Å²) in [6.07, 6.45) is -0.227. The topological polar surface area (TPSA) is 102 Å². The average molecular weight is 409 g/mol. The number of carbonyl (C=O) groups is 2. The molecule has 1 aliphatic rings. The van der Waals surface area contributed by atoms with E-state index in [1.54, 1.807) is 24.3 Å². The molecule has 27 heavy (non-hydrogen) atoms. The fourth-order valence-corrected chi connectivity index (χ4v) is 4.19. The molecule has 0 aliphatic carbocycles. The van der Waals surface area contributed by atoms with Gasteiger partial charge in [-0.2, -0.15) is 0 Å². The van der Waals surface area contributed by atoms with Gasteiger partial charge in [0.15, 0.2) is 16.4 Å². The second-order valence-corrected chi connectivity index (χ2v) is 8.92. The molecular formula is C18H17ClN2O5S. The van der Waals surface area contributed by atoms with Crippen LogP contribution in [-0.4, -0.2) is 32.1 Å². The number of hydrogen-bond acceptors (Lipinski definition) is 5. The minimum absolute atomic E-state index is 0.00936. The number of halogens is 1. The van der Waals surface area contributed by atoms with Crippen LogP contribution >= 0.6 is 11.6 Å². The third-order valence-corrected chi connectivity index (χ3v) is 6.40. The number of anilines is 2. The Bertz CT molecular complexity index is 1010. The van der Waals surface area contributed by atoms with Crippen LogP contribution in [-0.2, 0) is 19.4 Å². The molecule has 0 spiro atoms. The van der Waals surface area contributed by atoms with Gasteiger partial charge in [-0.1, -0.05) is 17.7 Å². The Labute approximate surface area is 161 Å². The van der Waals surface area contributed by atoms with Crippen LogP contribution in [0.4, 0.5) is 11.4 Å². The van der Waals surface area contributed by atoms with E-state index in [9.17, 15) is 18.0 Å². The molecule has 0 radical (unpaired) electrons. The van der Waals surface area contributed by atoms with Gasteiger partial charge in [0.25, 0.3) is 5.91 Å². The molecule has 7 nitrogen and oxygen atoms in total. The van der Waals surface area contributed by atoms with Crippen LogP contribution in [0, 0.1) is 0 Å². The van der Waals surface area contributed by atoms with Crippen molar-refractivity contribution in [1.82, 2.24) is 0 Å². The van der Waals surface area contributed by atoms with Crippen molar-refractivity contribution in [2.75, 3.05) is 17.2 Å². The zero-order valence-electron chi connectivity index (χ0n) is 14.4. The minimum atomic E-state index is -3.78. The van der Waals surface area contributed by atoms with E-state index in [-0.39, 0.29) is 23.8 Å². The van der Waals surface area contributed by atoms with Crippen LogP contribution in [0.15, 0.2) is 47.4 Å². The molecule has 3 rings (SSSR count). The zero-order valence-corrected chi connectivity index (χ0v) is 15.9. The van der Waals surface area contributed by atoms with Gasteiger partial charge in [0.2, 0.25) is 5.91 Å². The van der Waals surface area contributed by atoms with Crippen molar-refractivity contribution in [3.05, 3.63) is 47.5 Å². The molecule has 1 atom stereocenters. The third-order valence-electron chi connectivity index (χ3n) is 4.02. The first-order valence-corrected chi connectivity index (χ1v) is 10.0. The van der Waals surface area contributed by atoms with Crippen molar-refractivity contribution < 1.29 is 22.7 Å². The average Bonchev–Trinajstić information content (AvgIpc) is 2.60. The predicted octanol–water partition coefficient (Wildman–Crippen LogP) is 2.86. The van der Waals surface area contributed by atoms with Crippen LogP contribution in [0.3, 0.4) is 0 Å². The maximum atomic E-state index is 12.8. The van der Waals surface area contributed by atoms with Gasteiger partial charge >= 0.3 is 0 Å². The Morgan fingerprint density at radius 3 is 2.81 bits per heavy atom. The third kappa shape index (κ3) is 4.40. The van der Waals surface area contributed by atoms with Crippen molar-refractivity contribution in [2.24, 2.45) is 0 Å². The summed E-state index contributed by atoms with van der Waals surface area (Å²) in [6.45, 7) is 1.35. The molecule has 142 valence electrons. The monoisotopic (exact) mass is 408 g/mol. The molecule has 0 aromatic heterocycles. The summed E-state index contributed by atoms with van der Waals surface area (Å²) < 4.78 is 30.8. The van der Waals surface area contributed by atoms with E-state index in [0.717, 1.165) is 0 Å². The molecule has 2 aromatic rings.